The highest BCUT2D eigenvalue weighted by Gasteiger charge is 2.23. The first kappa shape index (κ1) is 12.1. The van der Waals surface area contributed by atoms with E-state index in [2.05, 4.69) is 41.4 Å². The van der Waals surface area contributed by atoms with Crippen LogP contribution >= 0.6 is 0 Å². The predicted octanol–water partition coefficient (Wildman–Crippen LogP) is 0.254. The molecule has 0 aliphatic carbocycles. The Morgan fingerprint density at radius 1 is 1.41 bits per heavy atom. The van der Waals surface area contributed by atoms with Gasteiger partial charge in [-0.3, -0.25) is 9.69 Å². The molecule has 0 radical (unpaired) electrons. The minimum absolute atomic E-state index is 0.0683. The summed E-state index contributed by atoms with van der Waals surface area (Å²) in [5.74, 6) is 0.0683. The number of nitrogens with one attached hydrogen (secondary N) is 1. The molecule has 1 heterocycles. The molecular formula is C13H19N3O. The fourth-order valence-electron chi connectivity index (χ4n) is 2.10. The minimum atomic E-state index is 0.0683. The Kier molecular flexibility index (Phi) is 3.76. The number of carbonyl (C=O) groups excluding carboxylic acids is 1. The van der Waals surface area contributed by atoms with Gasteiger partial charge in [-0.1, -0.05) is 29.8 Å². The van der Waals surface area contributed by atoms with Crippen molar-refractivity contribution in [2.45, 2.75) is 19.5 Å². The molecule has 1 aliphatic rings. The summed E-state index contributed by atoms with van der Waals surface area (Å²) >= 11 is 0. The summed E-state index contributed by atoms with van der Waals surface area (Å²) in [6.45, 7) is 4.67. The Labute approximate surface area is 102 Å². The van der Waals surface area contributed by atoms with Gasteiger partial charge in [0.25, 0.3) is 0 Å². The van der Waals surface area contributed by atoms with Crippen molar-refractivity contribution in [3.63, 3.8) is 0 Å². The first-order chi connectivity index (χ1) is 8.17. The van der Waals surface area contributed by atoms with Gasteiger partial charge in [-0.2, -0.15) is 0 Å². The van der Waals surface area contributed by atoms with Crippen LogP contribution in [0.2, 0.25) is 0 Å². The number of piperazine rings is 1. The Bertz CT molecular complexity index is 388. The van der Waals surface area contributed by atoms with E-state index in [0.717, 1.165) is 13.1 Å². The molecule has 3 N–H and O–H groups in total. The molecule has 1 unspecified atom stereocenters. The van der Waals surface area contributed by atoms with Crippen molar-refractivity contribution in [2.75, 3.05) is 19.6 Å². The van der Waals surface area contributed by atoms with Crippen LogP contribution in [-0.2, 0) is 11.3 Å². The van der Waals surface area contributed by atoms with E-state index in [9.17, 15) is 4.79 Å². The summed E-state index contributed by atoms with van der Waals surface area (Å²) in [7, 11) is 0. The standard InChI is InChI=1S/C13H19N3O/c1-10-2-4-11(5-3-10)7-16-8-12(6-14)15-13(17)9-16/h2-5,12H,6-9,14H2,1H3,(H,15,17). The van der Waals surface area contributed by atoms with E-state index in [1.807, 2.05) is 0 Å². The van der Waals surface area contributed by atoms with Crippen LogP contribution in [-0.4, -0.2) is 36.5 Å². The molecule has 1 atom stereocenters. The van der Waals surface area contributed by atoms with Gasteiger partial charge in [0.15, 0.2) is 0 Å². The van der Waals surface area contributed by atoms with Gasteiger partial charge in [0, 0.05) is 19.6 Å². The zero-order chi connectivity index (χ0) is 12.3. The van der Waals surface area contributed by atoms with E-state index < -0.39 is 0 Å². The van der Waals surface area contributed by atoms with E-state index in [4.69, 9.17) is 5.73 Å². The molecule has 1 fully saturated rings. The molecule has 0 bridgehead atoms. The lowest BCUT2D eigenvalue weighted by Crippen LogP contribution is -2.56. The number of hydrogen-bond donors (Lipinski definition) is 2. The third-order valence-corrected chi connectivity index (χ3v) is 3.02. The highest BCUT2D eigenvalue weighted by Crippen LogP contribution is 2.09. The molecular weight excluding hydrogens is 214 g/mol. The van der Waals surface area contributed by atoms with Crippen LogP contribution in [0, 0.1) is 6.92 Å². The van der Waals surface area contributed by atoms with Crippen molar-refractivity contribution in [3.8, 4) is 0 Å². The second-order valence-corrected chi connectivity index (χ2v) is 4.66. The molecule has 1 aliphatic heterocycles. The molecule has 17 heavy (non-hydrogen) atoms. The highest BCUT2D eigenvalue weighted by atomic mass is 16.2. The average molecular weight is 233 g/mol. The number of aryl methyl sites for hydroxylation is 1. The molecule has 0 saturated carbocycles. The quantitative estimate of drug-likeness (QED) is 0.787. The Morgan fingerprint density at radius 2 is 2.12 bits per heavy atom. The highest BCUT2D eigenvalue weighted by molar-refractivity contribution is 5.79. The van der Waals surface area contributed by atoms with Gasteiger partial charge in [-0.15, -0.1) is 0 Å². The van der Waals surface area contributed by atoms with Crippen LogP contribution in [0.3, 0.4) is 0 Å². The molecule has 0 spiro atoms. The van der Waals surface area contributed by atoms with Crippen molar-refractivity contribution in [2.24, 2.45) is 5.73 Å². The Morgan fingerprint density at radius 3 is 2.76 bits per heavy atom. The van der Waals surface area contributed by atoms with E-state index in [0.29, 0.717) is 13.1 Å². The lowest BCUT2D eigenvalue weighted by atomic mass is 10.1. The minimum Gasteiger partial charge on any atom is -0.350 e. The van der Waals surface area contributed by atoms with Gasteiger partial charge in [0.1, 0.15) is 0 Å². The third-order valence-electron chi connectivity index (χ3n) is 3.02. The summed E-state index contributed by atoms with van der Waals surface area (Å²) in [6.07, 6.45) is 0. The third kappa shape index (κ3) is 3.28. The Balaban J connectivity index is 1.98. The smallest absolute Gasteiger partial charge is 0.234 e. The number of rotatable bonds is 3. The van der Waals surface area contributed by atoms with Gasteiger partial charge in [-0.05, 0) is 12.5 Å². The topological polar surface area (TPSA) is 58.4 Å². The summed E-state index contributed by atoms with van der Waals surface area (Å²) in [6, 6.07) is 8.50. The zero-order valence-electron chi connectivity index (χ0n) is 10.1. The second-order valence-electron chi connectivity index (χ2n) is 4.66. The Hall–Kier alpha value is -1.39. The number of carbonyl (C=O) groups is 1. The largest absolute Gasteiger partial charge is 0.350 e. The SMILES string of the molecule is Cc1ccc(CN2CC(=O)NC(CN)C2)cc1. The van der Waals surface area contributed by atoms with Gasteiger partial charge in [0.05, 0.1) is 12.6 Å². The summed E-state index contributed by atoms with van der Waals surface area (Å²) in [4.78, 5) is 13.6. The van der Waals surface area contributed by atoms with E-state index >= 15 is 0 Å². The van der Waals surface area contributed by atoms with Crippen LogP contribution < -0.4 is 11.1 Å². The lowest BCUT2D eigenvalue weighted by molar-refractivity contribution is -0.125. The maximum atomic E-state index is 11.5. The van der Waals surface area contributed by atoms with Crippen molar-refractivity contribution in [3.05, 3.63) is 35.4 Å². The van der Waals surface area contributed by atoms with Crippen molar-refractivity contribution in [1.29, 1.82) is 0 Å². The molecule has 1 saturated heterocycles. The van der Waals surface area contributed by atoms with Gasteiger partial charge in [0.2, 0.25) is 5.91 Å². The number of benzene rings is 1. The molecule has 1 aromatic carbocycles. The van der Waals surface area contributed by atoms with Gasteiger partial charge >= 0.3 is 0 Å². The fourth-order valence-corrected chi connectivity index (χ4v) is 2.10. The molecule has 1 aromatic rings. The van der Waals surface area contributed by atoms with Crippen molar-refractivity contribution in [1.82, 2.24) is 10.2 Å². The van der Waals surface area contributed by atoms with E-state index in [1.54, 1.807) is 0 Å². The first-order valence-electron chi connectivity index (χ1n) is 5.94. The average Bonchev–Trinajstić information content (AvgIpc) is 2.31. The summed E-state index contributed by atoms with van der Waals surface area (Å²) in [5, 5.41) is 2.89. The first-order valence-corrected chi connectivity index (χ1v) is 5.94. The van der Waals surface area contributed by atoms with Crippen LogP contribution in [0.1, 0.15) is 11.1 Å². The number of nitrogens with two attached hydrogens (primary N) is 1. The molecule has 2 rings (SSSR count). The van der Waals surface area contributed by atoms with Crippen LogP contribution in [0.4, 0.5) is 0 Å². The summed E-state index contributed by atoms with van der Waals surface area (Å²) in [5.41, 5.74) is 8.09. The predicted molar refractivity (Wildman–Crippen MR) is 67.4 cm³/mol. The summed E-state index contributed by atoms with van der Waals surface area (Å²) < 4.78 is 0. The van der Waals surface area contributed by atoms with E-state index in [-0.39, 0.29) is 11.9 Å². The molecule has 92 valence electrons. The number of amides is 1. The van der Waals surface area contributed by atoms with E-state index in [1.165, 1.54) is 11.1 Å². The maximum Gasteiger partial charge on any atom is 0.234 e. The van der Waals surface area contributed by atoms with Crippen LogP contribution in [0.5, 0.6) is 0 Å². The molecule has 4 nitrogen and oxygen atoms in total. The monoisotopic (exact) mass is 233 g/mol. The van der Waals surface area contributed by atoms with Gasteiger partial charge < -0.3 is 11.1 Å². The van der Waals surface area contributed by atoms with Crippen LogP contribution in [0.15, 0.2) is 24.3 Å². The zero-order valence-corrected chi connectivity index (χ0v) is 10.1. The van der Waals surface area contributed by atoms with Crippen molar-refractivity contribution >= 4 is 5.91 Å². The lowest BCUT2D eigenvalue weighted by Gasteiger charge is -2.32. The van der Waals surface area contributed by atoms with Crippen LogP contribution in [0.25, 0.3) is 0 Å². The second kappa shape index (κ2) is 5.29. The normalized spacial score (nSPS) is 21.3. The fraction of sp³-hybridized carbons (Fsp3) is 0.462. The number of nitrogens with zero attached hydrogens (tertiary/aromatic N) is 1. The molecule has 1 amide bonds. The van der Waals surface area contributed by atoms with Crippen molar-refractivity contribution < 1.29 is 4.79 Å². The number of hydrogen-bond acceptors (Lipinski definition) is 3. The molecule has 0 aromatic heterocycles. The van der Waals surface area contributed by atoms with Gasteiger partial charge in [-0.25, -0.2) is 0 Å². The molecule has 4 heteroatoms. The maximum absolute atomic E-state index is 11.5.